The Balaban J connectivity index is 1.79. The van der Waals surface area contributed by atoms with E-state index in [1.54, 1.807) is 13.1 Å². The third-order valence-corrected chi connectivity index (χ3v) is 9.18. The average molecular weight is 422 g/mol. The molecule has 0 aliphatic heterocycles. The fraction of sp³-hybridized carbons (Fsp3) is 0.158. The molecular weight excluding hydrogens is 402 g/mol. The van der Waals surface area contributed by atoms with Crippen molar-refractivity contribution >= 4 is 36.0 Å². The van der Waals surface area contributed by atoms with E-state index in [4.69, 9.17) is 0 Å². The van der Waals surface area contributed by atoms with Crippen LogP contribution in [0, 0.1) is 0 Å². The van der Waals surface area contributed by atoms with Crippen molar-refractivity contribution in [3.8, 4) is 0 Å². The number of rotatable bonds is 7. The maximum atomic E-state index is 12.7. The molecular formula is C19H19NO4S3. The number of benzene rings is 2. The molecule has 1 N–H and O–H groups in total. The van der Waals surface area contributed by atoms with Crippen LogP contribution < -0.4 is 5.32 Å². The first kappa shape index (κ1) is 19.6. The van der Waals surface area contributed by atoms with Crippen molar-refractivity contribution < 1.29 is 16.8 Å². The van der Waals surface area contributed by atoms with Crippen LogP contribution in [0.5, 0.6) is 0 Å². The first-order valence-electron chi connectivity index (χ1n) is 8.22. The minimum absolute atomic E-state index is 0.0282. The summed E-state index contributed by atoms with van der Waals surface area (Å²) in [6, 6.07) is 18.0. The van der Waals surface area contributed by atoms with Gasteiger partial charge in [0.2, 0.25) is 9.84 Å². The largest absolute Gasteiger partial charge is 0.380 e. The zero-order chi connectivity index (χ0) is 19.5. The highest BCUT2D eigenvalue weighted by Gasteiger charge is 2.21. The number of aryl methyl sites for hydroxylation is 1. The smallest absolute Gasteiger partial charge is 0.216 e. The third-order valence-electron chi connectivity index (χ3n) is 4.09. The van der Waals surface area contributed by atoms with E-state index in [2.05, 4.69) is 5.32 Å². The summed E-state index contributed by atoms with van der Waals surface area (Å²) in [4.78, 5) is 0.202. The first-order chi connectivity index (χ1) is 12.8. The van der Waals surface area contributed by atoms with Gasteiger partial charge in [-0.25, -0.2) is 16.8 Å². The van der Waals surface area contributed by atoms with Gasteiger partial charge < -0.3 is 5.32 Å². The van der Waals surface area contributed by atoms with Gasteiger partial charge in [0.25, 0.3) is 0 Å². The number of hydrogen-bond donors (Lipinski definition) is 1. The average Bonchev–Trinajstić information content (AvgIpc) is 3.18. The summed E-state index contributed by atoms with van der Waals surface area (Å²) in [5, 5.41) is 3.65. The monoisotopic (exact) mass is 421 g/mol. The summed E-state index contributed by atoms with van der Waals surface area (Å²) in [7, 11) is -5.43. The van der Waals surface area contributed by atoms with Crippen molar-refractivity contribution in [2.75, 3.05) is 18.1 Å². The molecule has 3 rings (SSSR count). The quantitative estimate of drug-likeness (QED) is 0.630. The molecule has 27 heavy (non-hydrogen) atoms. The molecule has 0 saturated carbocycles. The van der Waals surface area contributed by atoms with E-state index in [9.17, 15) is 16.8 Å². The van der Waals surface area contributed by atoms with Crippen molar-refractivity contribution in [3.63, 3.8) is 0 Å². The molecule has 0 spiro atoms. The second-order valence-corrected chi connectivity index (χ2v) is 11.3. The first-order valence-corrected chi connectivity index (χ1v) is 12.2. The van der Waals surface area contributed by atoms with Crippen LogP contribution in [0.25, 0.3) is 0 Å². The fourth-order valence-corrected chi connectivity index (χ4v) is 6.41. The lowest BCUT2D eigenvalue weighted by Gasteiger charge is -2.07. The van der Waals surface area contributed by atoms with Crippen molar-refractivity contribution in [3.05, 3.63) is 72.3 Å². The second-order valence-electron chi connectivity index (χ2n) is 5.90. The van der Waals surface area contributed by atoms with E-state index in [0.717, 1.165) is 21.9 Å². The van der Waals surface area contributed by atoms with E-state index in [0.29, 0.717) is 6.42 Å². The van der Waals surface area contributed by atoms with Crippen LogP contribution >= 0.6 is 11.3 Å². The van der Waals surface area contributed by atoms with E-state index in [1.165, 1.54) is 30.3 Å². The van der Waals surface area contributed by atoms with E-state index < -0.39 is 19.7 Å². The third kappa shape index (κ3) is 4.40. The molecule has 1 aromatic heterocycles. The number of nitrogens with one attached hydrogen (secondary N) is 1. The normalized spacial score (nSPS) is 12.0. The summed E-state index contributed by atoms with van der Waals surface area (Å²) >= 11 is 1.13. The molecule has 2 aromatic carbocycles. The summed E-state index contributed by atoms with van der Waals surface area (Å²) in [6.07, 6.45) is 0.408. The second kappa shape index (κ2) is 7.84. The van der Waals surface area contributed by atoms with E-state index >= 15 is 0 Å². The van der Waals surface area contributed by atoms with E-state index in [-0.39, 0.29) is 19.8 Å². The SMILES string of the molecule is CNc1ccc(S(=O)(=O)c2ccc(S(=O)(=O)CCc3ccccc3)cc2)s1. The van der Waals surface area contributed by atoms with Crippen molar-refractivity contribution in [1.82, 2.24) is 0 Å². The predicted octanol–water partition coefficient (Wildman–Crippen LogP) is 3.64. The van der Waals surface area contributed by atoms with Crippen molar-refractivity contribution in [1.29, 1.82) is 0 Å². The fourth-order valence-electron chi connectivity index (χ4n) is 2.56. The Morgan fingerprint density at radius 2 is 1.44 bits per heavy atom. The molecule has 0 atom stereocenters. The number of hydrogen-bond acceptors (Lipinski definition) is 6. The van der Waals surface area contributed by atoms with Gasteiger partial charge in [0.15, 0.2) is 9.84 Å². The Hall–Kier alpha value is -2.16. The van der Waals surface area contributed by atoms with Gasteiger partial charge in [0.05, 0.1) is 20.5 Å². The summed E-state index contributed by atoms with van der Waals surface area (Å²) in [5.41, 5.74) is 0.943. The zero-order valence-electron chi connectivity index (χ0n) is 14.6. The van der Waals surface area contributed by atoms with Crippen LogP contribution in [0.1, 0.15) is 5.56 Å². The lowest BCUT2D eigenvalue weighted by Crippen LogP contribution is -2.09. The predicted molar refractivity (Wildman–Crippen MR) is 108 cm³/mol. The van der Waals surface area contributed by atoms with Crippen LogP contribution in [-0.2, 0) is 26.1 Å². The molecule has 0 unspecified atom stereocenters. The van der Waals surface area contributed by atoms with Gasteiger partial charge in [-0.1, -0.05) is 30.3 Å². The Morgan fingerprint density at radius 1 is 0.815 bits per heavy atom. The Kier molecular flexibility index (Phi) is 5.69. The van der Waals surface area contributed by atoms with Gasteiger partial charge >= 0.3 is 0 Å². The van der Waals surface area contributed by atoms with Crippen molar-refractivity contribution in [2.24, 2.45) is 0 Å². The molecule has 0 aliphatic carbocycles. The maximum absolute atomic E-state index is 12.7. The van der Waals surface area contributed by atoms with Gasteiger partial charge in [-0.05, 0) is 48.4 Å². The molecule has 3 aromatic rings. The van der Waals surface area contributed by atoms with Crippen LogP contribution in [0.3, 0.4) is 0 Å². The number of sulfone groups is 2. The molecule has 0 aliphatic rings. The highest BCUT2D eigenvalue weighted by atomic mass is 32.2. The zero-order valence-corrected chi connectivity index (χ0v) is 17.1. The summed E-state index contributed by atoms with van der Waals surface area (Å²) in [6.45, 7) is 0. The Bertz CT molecular complexity index is 1120. The molecule has 0 bridgehead atoms. The number of anilines is 1. The Labute approximate surface area is 163 Å². The maximum Gasteiger partial charge on any atom is 0.216 e. The molecule has 0 saturated heterocycles. The highest BCUT2D eigenvalue weighted by Crippen LogP contribution is 2.31. The molecule has 0 amide bonds. The Morgan fingerprint density at radius 3 is 2.04 bits per heavy atom. The van der Waals surface area contributed by atoms with Crippen molar-refractivity contribution in [2.45, 2.75) is 20.4 Å². The lowest BCUT2D eigenvalue weighted by molar-refractivity contribution is 0.592. The van der Waals surface area contributed by atoms with E-state index in [1.807, 2.05) is 30.3 Å². The van der Waals surface area contributed by atoms with Gasteiger partial charge in [-0.3, -0.25) is 0 Å². The minimum Gasteiger partial charge on any atom is -0.380 e. The molecule has 0 radical (unpaired) electrons. The molecule has 0 fully saturated rings. The van der Waals surface area contributed by atoms with Crippen LogP contribution in [0.4, 0.5) is 5.00 Å². The topological polar surface area (TPSA) is 80.3 Å². The number of thiophene rings is 1. The van der Waals surface area contributed by atoms with Gasteiger partial charge in [-0.15, -0.1) is 11.3 Å². The summed E-state index contributed by atoms with van der Waals surface area (Å²) in [5.74, 6) is -0.0282. The minimum atomic E-state index is -3.66. The van der Waals surface area contributed by atoms with Crippen LogP contribution in [-0.4, -0.2) is 29.6 Å². The lowest BCUT2D eigenvalue weighted by atomic mass is 10.2. The molecule has 5 nitrogen and oxygen atoms in total. The van der Waals surface area contributed by atoms with Gasteiger partial charge in [0, 0.05) is 7.05 Å². The van der Waals surface area contributed by atoms with Crippen LogP contribution in [0.2, 0.25) is 0 Å². The van der Waals surface area contributed by atoms with Crippen LogP contribution in [0.15, 0.2) is 80.7 Å². The molecule has 8 heteroatoms. The molecule has 1 heterocycles. The molecule has 142 valence electrons. The van der Waals surface area contributed by atoms with Gasteiger partial charge in [0.1, 0.15) is 4.21 Å². The highest BCUT2D eigenvalue weighted by molar-refractivity contribution is 7.93. The van der Waals surface area contributed by atoms with Gasteiger partial charge in [-0.2, -0.15) is 0 Å². The summed E-state index contributed by atoms with van der Waals surface area (Å²) < 4.78 is 50.6. The standard InChI is InChI=1S/C19H19NO4S3/c1-20-18-11-12-19(25-18)27(23,24)17-9-7-16(8-10-17)26(21,22)14-13-15-5-3-2-4-6-15/h2-12,20H,13-14H2,1H3.